The molecule has 4 heteroatoms. The van der Waals surface area contributed by atoms with Gasteiger partial charge in [0.1, 0.15) is 6.61 Å². The lowest BCUT2D eigenvalue weighted by atomic mass is 9.98. The Morgan fingerprint density at radius 1 is 1.08 bits per heavy atom. The molecule has 0 spiro atoms. The molecule has 1 aliphatic carbocycles. The van der Waals surface area contributed by atoms with Crippen LogP contribution in [0, 0.1) is 0 Å². The molecule has 2 aliphatic rings. The lowest BCUT2D eigenvalue weighted by Gasteiger charge is -2.24. The summed E-state index contributed by atoms with van der Waals surface area (Å²) in [6.07, 6.45) is 1.79. The predicted octanol–water partition coefficient (Wildman–Crippen LogP) is 3.28. The second-order valence-corrected chi connectivity index (χ2v) is 6.51. The summed E-state index contributed by atoms with van der Waals surface area (Å²) in [5.74, 6) is 0.118. The zero-order valence-electron chi connectivity index (χ0n) is 13.6. The SMILES string of the molecule is O=C(N[C@H]1CCCNC1)OCC1c2ccccc2-c2ccccc21. The lowest BCUT2D eigenvalue weighted by Crippen LogP contribution is -2.45. The molecule has 0 unspecified atom stereocenters. The highest BCUT2D eigenvalue weighted by molar-refractivity contribution is 5.79. The summed E-state index contributed by atoms with van der Waals surface area (Å²) in [6.45, 7) is 2.23. The van der Waals surface area contributed by atoms with Gasteiger partial charge in [0.05, 0.1) is 0 Å². The lowest BCUT2D eigenvalue weighted by molar-refractivity contribution is 0.137. The first kappa shape index (κ1) is 15.2. The summed E-state index contributed by atoms with van der Waals surface area (Å²) < 4.78 is 5.56. The molecule has 1 aliphatic heterocycles. The molecular formula is C20H22N2O2. The van der Waals surface area contributed by atoms with Crippen LogP contribution < -0.4 is 10.6 Å². The smallest absolute Gasteiger partial charge is 0.407 e. The second-order valence-electron chi connectivity index (χ2n) is 6.51. The van der Waals surface area contributed by atoms with Crippen LogP contribution in [0.2, 0.25) is 0 Å². The van der Waals surface area contributed by atoms with Crippen LogP contribution in [0.1, 0.15) is 29.9 Å². The van der Waals surface area contributed by atoms with Gasteiger partial charge in [0.2, 0.25) is 0 Å². The van der Waals surface area contributed by atoms with Crippen molar-refractivity contribution in [2.24, 2.45) is 0 Å². The highest BCUT2D eigenvalue weighted by atomic mass is 16.5. The highest BCUT2D eigenvalue weighted by Crippen LogP contribution is 2.44. The van der Waals surface area contributed by atoms with Gasteiger partial charge in [0.25, 0.3) is 0 Å². The Bertz CT molecular complexity index is 692. The number of alkyl carbamates (subject to hydrolysis) is 1. The van der Waals surface area contributed by atoms with Gasteiger partial charge < -0.3 is 15.4 Å². The number of hydrogen-bond donors (Lipinski definition) is 2. The number of nitrogens with one attached hydrogen (secondary N) is 2. The van der Waals surface area contributed by atoms with Crippen molar-refractivity contribution in [1.82, 2.24) is 10.6 Å². The number of piperidine rings is 1. The minimum Gasteiger partial charge on any atom is -0.449 e. The monoisotopic (exact) mass is 322 g/mol. The average Bonchev–Trinajstić information content (AvgIpc) is 2.95. The molecule has 2 N–H and O–H groups in total. The van der Waals surface area contributed by atoms with Crippen LogP contribution in [0.25, 0.3) is 11.1 Å². The quantitative estimate of drug-likeness (QED) is 0.912. The van der Waals surface area contributed by atoms with Gasteiger partial charge in [-0.2, -0.15) is 0 Å². The number of rotatable bonds is 3. The van der Waals surface area contributed by atoms with Crippen LogP contribution in [0.5, 0.6) is 0 Å². The van der Waals surface area contributed by atoms with E-state index in [4.69, 9.17) is 4.74 Å². The molecule has 0 saturated carbocycles. The molecule has 1 fully saturated rings. The van der Waals surface area contributed by atoms with E-state index in [1.165, 1.54) is 22.3 Å². The van der Waals surface area contributed by atoms with Gasteiger partial charge in [0, 0.05) is 18.5 Å². The highest BCUT2D eigenvalue weighted by Gasteiger charge is 2.29. The van der Waals surface area contributed by atoms with Crippen LogP contribution >= 0.6 is 0 Å². The van der Waals surface area contributed by atoms with Crippen LogP contribution in [0.15, 0.2) is 48.5 Å². The third-order valence-corrected chi connectivity index (χ3v) is 4.96. The fraction of sp³-hybridized carbons (Fsp3) is 0.350. The summed E-state index contributed by atoms with van der Waals surface area (Å²) in [5.41, 5.74) is 4.98. The minimum atomic E-state index is -0.314. The Balaban J connectivity index is 1.45. The van der Waals surface area contributed by atoms with Gasteiger partial charge >= 0.3 is 6.09 Å². The fourth-order valence-corrected chi connectivity index (χ4v) is 3.78. The van der Waals surface area contributed by atoms with Crippen LogP contribution in [-0.2, 0) is 4.74 Å². The third-order valence-electron chi connectivity index (χ3n) is 4.96. The maximum absolute atomic E-state index is 12.1. The average molecular weight is 322 g/mol. The number of hydrogen-bond acceptors (Lipinski definition) is 3. The maximum Gasteiger partial charge on any atom is 0.407 e. The van der Waals surface area contributed by atoms with Gasteiger partial charge in [-0.1, -0.05) is 48.5 Å². The predicted molar refractivity (Wildman–Crippen MR) is 94.1 cm³/mol. The molecule has 1 amide bonds. The summed E-state index contributed by atoms with van der Waals surface area (Å²) in [4.78, 5) is 12.1. The molecular weight excluding hydrogens is 300 g/mol. The van der Waals surface area contributed by atoms with Crippen molar-refractivity contribution in [3.63, 3.8) is 0 Å². The van der Waals surface area contributed by atoms with Crippen molar-refractivity contribution in [1.29, 1.82) is 0 Å². The van der Waals surface area contributed by atoms with E-state index in [1.807, 2.05) is 12.1 Å². The van der Waals surface area contributed by atoms with Gasteiger partial charge in [-0.3, -0.25) is 0 Å². The number of amides is 1. The molecule has 1 saturated heterocycles. The molecule has 2 aromatic carbocycles. The Morgan fingerprint density at radius 3 is 2.38 bits per heavy atom. The van der Waals surface area contributed by atoms with Crippen molar-refractivity contribution in [2.45, 2.75) is 24.8 Å². The third kappa shape index (κ3) is 2.89. The van der Waals surface area contributed by atoms with Crippen LogP contribution in [0.4, 0.5) is 4.79 Å². The molecule has 4 nitrogen and oxygen atoms in total. The molecule has 1 heterocycles. The Morgan fingerprint density at radius 2 is 1.75 bits per heavy atom. The van der Waals surface area contributed by atoms with Crippen molar-refractivity contribution in [3.05, 3.63) is 59.7 Å². The maximum atomic E-state index is 12.1. The van der Waals surface area contributed by atoms with E-state index in [9.17, 15) is 4.79 Å². The van der Waals surface area contributed by atoms with E-state index in [2.05, 4.69) is 47.0 Å². The normalized spacial score (nSPS) is 19.4. The summed E-state index contributed by atoms with van der Waals surface area (Å²) >= 11 is 0. The largest absolute Gasteiger partial charge is 0.449 e. The van der Waals surface area contributed by atoms with E-state index in [-0.39, 0.29) is 18.1 Å². The van der Waals surface area contributed by atoms with Crippen molar-refractivity contribution < 1.29 is 9.53 Å². The van der Waals surface area contributed by atoms with Crippen molar-refractivity contribution in [2.75, 3.05) is 19.7 Å². The van der Waals surface area contributed by atoms with E-state index in [0.717, 1.165) is 25.9 Å². The van der Waals surface area contributed by atoms with E-state index >= 15 is 0 Å². The number of carbonyl (C=O) groups is 1. The fourth-order valence-electron chi connectivity index (χ4n) is 3.78. The first-order valence-electron chi connectivity index (χ1n) is 8.65. The number of carbonyl (C=O) groups excluding carboxylic acids is 1. The Labute approximate surface area is 142 Å². The standard InChI is InChI=1S/C20H22N2O2/c23-20(22-14-6-5-11-21-12-14)24-13-19-17-9-3-1-7-15(17)16-8-2-4-10-18(16)19/h1-4,7-10,14,19,21H,5-6,11-13H2,(H,22,23)/t14-/m0/s1. The van der Waals surface area contributed by atoms with E-state index in [0.29, 0.717) is 6.61 Å². The zero-order valence-corrected chi connectivity index (χ0v) is 13.6. The Hall–Kier alpha value is -2.33. The zero-order chi connectivity index (χ0) is 16.4. The summed E-state index contributed by atoms with van der Waals surface area (Å²) in [6, 6.07) is 16.9. The molecule has 124 valence electrons. The second kappa shape index (κ2) is 6.65. The Kier molecular flexibility index (Phi) is 4.22. The first-order chi connectivity index (χ1) is 11.8. The van der Waals surface area contributed by atoms with Crippen LogP contribution in [-0.4, -0.2) is 31.8 Å². The number of fused-ring (bicyclic) bond motifs is 3. The van der Waals surface area contributed by atoms with Crippen LogP contribution in [0.3, 0.4) is 0 Å². The molecule has 2 aromatic rings. The molecule has 0 aromatic heterocycles. The van der Waals surface area contributed by atoms with Gasteiger partial charge in [-0.15, -0.1) is 0 Å². The van der Waals surface area contributed by atoms with Crippen molar-refractivity contribution in [3.8, 4) is 11.1 Å². The van der Waals surface area contributed by atoms with E-state index < -0.39 is 0 Å². The molecule has 4 rings (SSSR count). The number of ether oxygens (including phenoxy) is 1. The van der Waals surface area contributed by atoms with Gasteiger partial charge in [0.15, 0.2) is 0 Å². The molecule has 24 heavy (non-hydrogen) atoms. The molecule has 0 radical (unpaired) electrons. The summed E-state index contributed by atoms with van der Waals surface area (Å²) in [5, 5.41) is 6.26. The van der Waals surface area contributed by atoms with Gasteiger partial charge in [-0.05, 0) is 41.6 Å². The van der Waals surface area contributed by atoms with Crippen molar-refractivity contribution >= 4 is 6.09 Å². The minimum absolute atomic E-state index is 0.118. The van der Waals surface area contributed by atoms with E-state index in [1.54, 1.807) is 0 Å². The summed E-state index contributed by atoms with van der Waals surface area (Å²) in [7, 11) is 0. The topological polar surface area (TPSA) is 50.4 Å². The first-order valence-corrected chi connectivity index (χ1v) is 8.65. The molecule has 1 atom stereocenters. The number of benzene rings is 2. The van der Waals surface area contributed by atoms with Gasteiger partial charge in [-0.25, -0.2) is 4.79 Å². The molecule has 0 bridgehead atoms.